The lowest BCUT2D eigenvalue weighted by Crippen LogP contribution is -2.35. The van der Waals surface area contributed by atoms with Crippen molar-refractivity contribution >= 4 is 28.8 Å². The summed E-state index contributed by atoms with van der Waals surface area (Å²) in [5.41, 5.74) is 3.62. The molecule has 0 spiro atoms. The molecule has 1 N–H and O–H groups in total. The summed E-state index contributed by atoms with van der Waals surface area (Å²) in [4.78, 5) is 29.3. The van der Waals surface area contributed by atoms with Crippen molar-refractivity contribution in [1.29, 1.82) is 0 Å². The molecule has 7 heteroatoms. The van der Waals surface area contributed by atoms with Crippen LogP contribution in [0.1, 0.15) is 36.7 Å². The van der Waals surface area contributed by atoms with Crippen LogP contribution in [0, 0.1) is 6.92 Å². The molecular formula is C24H24N2O4S. The summed E-state index contributed by atoms with van der Waals surface area (Å²) in [6.07, 6.45) is 0.882. The maximum Gasteiger partial charge on any atom is 0.255 e. The maximum absolute atomic E-state index is 13.2. The van der Waals surface area contributed by atoms with Crippen LogP contribution in [-0.2, 0) is 13.0 Å². The highest BCUT2D eigenvalue weighted by molar-refractivity contribution is 7.10. The number of anilines is 1. The van der Waals surface area contributed by atoms with Gasteiger partial charge in [0.15, 0.2) is 11.5 Å². The fourth-order valence-corrected chi connectivity index (χ4v) is 4.66. The number of methoxy groups -OCH3 is 2. The van der Waals surface area contributed by atoms with Crippen LogP contribution in [0.25, 0.3) is 0 Å². The molecule has 0 saturated carbocycles. The first-order valence-corrected chi connectivity index (χ1v) is 10.9. The van der Waals surface area contributed by atoms with Gasteiger partial charge in [0.2, 0.25) is 0 Å². The molecule has 1 aliphatic heterocycles. The largest absolute Gasteiger partial charge is 0.493 e. The van der Waals surface area contributed by atoms with Crippen LogP contribution in [0.4, 0.5) is 5.69 Å². The molecule has 0 saturated heterocycles. The average Bonchev–Trinajstić information content (AvgIpc) is 3.27. The van der Waals surface area contributed by atoms with E-state index in [-0.39, 0.29) is 11.8 Å². The second-order valence-electron chi connectivity index (χ2n) is 7.35. The number of fused-ring (bicyclic) bond motifs is 1. The molecule has 2 aromatic carbocycles. The Bertz CT molecular complexity index is 1140. The van der Waals surface area contributed by atoms with E-state index in [0.717, 1.165) is 12.0 Å². The van der Waals surface area contributed by atoms with Crippen LogP contribution < -0.4 is 14.8 Å². The van der Waals surface area contributed by atoms with E-state index in [9.17, 15) is 9.59 Å². The average molecular weight is 437 g/mol. The Morgan fingerprint density at radius 2 is 1.87 bits per heavy atom. The zero-order chi connectivity index (χ0) is 22.0. The highest BCUT2D eigenvalue weighted by Crippen LogP contribution is 2.29. The van der Waals surface area contributed by atoms with Crippen molar-refractivity contribution < 1.29 is 19.1 Å². The summed E-state index contributed by atoms with van der Waals surface area (Å²) in [5.74, 6) is 0.734. The van der Waals surface area contributed by atoms with Gasteiger partial charge in [0, 0.05) is 34.8 Å². The van der Waals surface area contributed by atoms with E-state index in [0.29, 0.717) is 41.4 Å². The van der Waals surface area contributed by atoms with Gasteiger partial charge in [0.1, 0.15) is 0 Å². The number of nitrogens with zero attached hydrogens (tertiary/aromatic N) is 1. The van der Waals surface area contributed by atoms with Crippen LogP contribution in [0.5, 0.6) is 11.5 Å². The Labute approximate surface area is 185 Å². The standard InChI is InChI=1S/C24H24N2O4S/c1-15-18(24(28)26-11-9-22-17(14-26)10-12-31-22)5-4-6-19(15)25-23(27)16-7-8-20(29-2)21(13-16)30-3/h4-8,10,12-13H,9,11,14H2,1-3H3,(H,25,27). The molecule has 3 aromatic rings. The fraction of sp³-hybridized carbons (Fsp3) is 0.250. The van der Waals surface area contributed by atoms with Gasteiger partial charge in [-0.1, -0.05) is 6.07 Å². The molecule has 0 unspecified atom stereocenters. The van der Waals surface area contributed by atoms with Gasteiger partial charge in [-0.05, 0) is 66.2 Å². The normalized spacial score (nSPS) is 12.8. The molecule has 1 aromatic heterocycles. The molecule has 0 atom stereocenters. The van der Waals surface area contributed by atoms with Crippen molar-refractivity contribution in [3.63, 3.8) is 0 Å². The van der Waals surface area contributed by atoms with E-state index in [1.807, 2.05) is 17.9 Å². The van der Waals surface area contributed by atoms with Crippen molar-refractivity contribution in [3.05, 3.63) is 75.0 Å². The highest BCUT2D eigenvalue weighted by Gasteiger charge is 2.24. The summed E-state index contributed by atoms with van der Waals surface area (Å²) in [6, 6.07) is 12.5. The molecule has 2 heterocycles. The van der Waals surface area contributed by atoms with Crippen LogP contribution in [0.15, 0.2) is 47.8 Å². The minimum Gasteiger partial charge on any atom is -0.493 e. The summed E-state index contributed by atoms with van der Waals surface area (Å²) < 4.78 is 10.5. The number of hydrogen-bond donors (Lipinski definition) is 1. The predicted molar refractivity (Wildman–Crippen MR) is 121 cm³/mol. The lowest BCUT2D eigenvalue weighted by atomic mass is 10.0. The van der Waals surface area contributed by atoms with Crippen molar-refractivity contribution in [3.8, 4) is 11.5 Å². The fourth-order valence-electron chi connectivity index (χ4n) is 3.77. The summed E-state index contributed by atoms with van der Waals surface area (Å²) >= 11 is 1.75. The number of ether oxygens (including phenoxy) is 2. The summed E-state index contributed by atoms with van der Waals surface area (Å²) in [6.45, 7) is 3.19. The van der Waals surface area contributed by atoms with E-state index in [1.54, 1.807) is 48.8 Å². The van der Waals surface area contributed by atoms with Crippen LogP contribution in [-0.4, -0.2) is 37.5 Å². The maximum atomic E-state index is 13.2. The molecule has 0 radical (unpaired) electrons. The second-order valence-corrected chi connectivity index (χ2v) is 8.35. The third kappa shape index (κ3) is 4.14. The van der Waals surface area contributed by atoms with Crippen molar-refractivity contribution in [2.75, 3.05) is 26.1 Å². The molecule has 0 fully saturated rings. The van der Waals surface area contributed by atoms with Crippen LogP contribution >= 0.6 is 11.3 Å². The summed E-state index contributed by atoms with van der Waals surface area (Å²) in [7, 11) is 3.07. The van der Waals surface area contributed by atoms with Gasteiger partial charge >= 0.3 is 0 Å². The molecule has 0 aliphatic carbocycles. The van der Waals surface area contributed by atoms with Crippen molar-refractivity contribution in [2.24, 2.45) is 0 Å². The molecular weight excluding hydrogens is 412 g/mol. The number of hydrogen-bond acceptors (Lipinski definition) is 5. The third-order valence-corrected chi connectivity index (χ3v) is 6.58. The lowest BCUT2D eigenvalue weighted by Gasteiger charge is -2.28. The topological polar surface area (TPSA) is 67.9 Å². The molecule has 6 nitrogen and oxygen atoms in total. The first-order valence-electron chi connectivity index (χ1n) is 9.99. The first-order chi connectivity index (χ1) is 15.0. The minimum absolute atomic E-state index is 0.0171. The first kappa shape index (κ1) is 20.9. The molecule has 4 rings (SSSR count). The Morgan fingerprint density at radius 3 is 2.65 bits per heavy atom. The Morgan fingerprint density at radius 1 is 1.06 bits per heavy atom. The Balaban J connectivity index is 1.54. The molecule has 31 heavy (non-hydrogen) atoms. The molecule has 160 valence electrons. The van der Waals surface area contributed by atoms with Gasteiger partial charge in [-0.15, -0.1) is 11.3 Å². The second kappa shape index (κ2) is 8.81. The predicted octanol–water partition coefficient (Wildman–Crippen LogP) is 4.52. The number of carbonyl (C=O) groups is 2. The van der Waals surface area contributed by atoms with Gasteiger partial charge in [-0.25, -0.2) is 0 Å². The van der Waals surface area contributed by atoms with Gasteiger partial charge < -0.3 is 19.7 Å². The van der Waals surface area contributed by atoms with E-state index < -0.39 is 0 Å². The summed E-state index contributed by atoms with van der Waals surface area (Å²) in [5, 5.41) is 5.00. The monoisotopic (exact) mass is 436 g/mol. The number of nitrogens with one attached hydrogen (secondary N) is 1. The smallest absolute Gasteiger partial charge is 0.255 e. The third-order valence-electron chi connectivity index (χ3n) is 5.55. The zero-order valence-electron chi connectivity index (χ0n) is 17.7. The van der Waals surface area contributed by atoms with Crippen LogP contribution in [0.3, 0.4) is 0 Å². The van der Waals surface area contributed by atoms with Crippen molar-refractivity contribution in [2.45, 2.75) is 19.9 Å². The SMILES string of the molecule is COc1ccc(C(=O)Nc2cccc(C(=O)N3CCc4sccc4C3)c2C)cc1OC. The molecule has 1 aliphatic rings. The van der Waals surface area contributed by atoms with Gasteiger partial charge in [-0.2, -0.15) is 0 Å². The number of benzene rings is 2. The Hall–Kier alpha value is -3.32. The van der Waals surface area contributed by atoms with E-state index in [2.05, 4.69) is 16.8 Å². The van der Waals surface area contributed by atoms with E-state index in [4.69, 9.17) is 9.47 Å². The van der Waals surface area contributed by atoms with Gasteiger partial charge in [-0.3, -0.25) is 9.59 Å². The van der Waals surface area contributed by atoms with Crippen LogP contribution in [0.2, 0.25) is 0 Å². The minimum atomic E-state index is -0.283. The number of thiophene rings is 1. The zero-order valence-corrected chi connectivity index (χ0v) is 18.5. The lowest BCUT2D eigenvalue weighted by molar-refractivity contribution is 0.0735. The number of rotatable bonds is 5. The quantitative estimate of drug-likeness (QED) is 0.638. The van der Waals surface area contributed by atoms with Gasteiger partial charge in [0.25, 0.3) is 11.8 Å². The molecule has 2 amide bonds. The Kier molecular flexibility index (Phi) is 5.95. The van der Waals surface area contributed by atoms with Gasteiger partial charge in [0.05, 0.1) is 14.2 Å². The van der Waals surface area contributed by atoms with E-state index in [1.165, 1.54) is 17.6 Å². The van der Waals surface area contributed by atoms with E-state index >= 15 is 0 Å². The molecule has 0 bridgehead atoms. The van der Waals surface area contributed by atoms with Crippen molar-refractivity contribution in [1.82, 2.24) is 4.90 Å². The number of carbonyl (C=O) groups excluding carboxylic acids is 2. The highest BCUT2D eigenvalue weighted by atomic mass is 32.1. The number of amides is 2.